The minimum Gasteiger partial charge on any atom is -0.324 e. The summed E-state index contributed by atoms with van der Waals surface area (Å²) in [5.41, 5.74) is 1.44. The number of thioether (sulfide) groups is 2. The van der Waals surface area contributed by atoms with Crippen LogP contribution in [0.3, 0.4) is 0 Å². The number of anilines is 1. The topological polar surface area (TPSA) is 113 Å². The van der Waals surface area contributed by atoms with Crippen molar-refractivity contribution >= 4 is 57.4 Å². The molecule has 2 N–H and O–H groups in total. The molecular weight excluding hydrogens is 366 g/mol. The number of nitrogens with zero attached hydrogens (tertiary/aromatic N) is 1. The average molecular weight is 379 g/mol. The van der Waals surface area contributed by atoms with Gasteiger partial charge in [-0.3, -0.25) is 34.2 Å². The van der Waals surface area contributed by atoms with Gasteiger partial charge in [-0.25, -0.2) is 0 Å². The molecule has 2 fully saturated rings. The Morgan fingerprint density at radius 1 is 1.16 bits per heavy atom. The molecule has 5 amide bonds. The lowest BCUT2D eigenvalue weighted by Gasteiger charge is -2.15. The number of carbonyl (C=O) groups excluding carboxylic acids is 5. The normalized spacial score (nSPS) is 23.2. The first-order valence-electron chi connectivity index (χ1n) is 7.26. The van der Waals surface area contributed by atoms with E-state index in [1.807, 2.05) is 19.1 Å². The number of benzene rings is 1. The Morgan fingerprint density at radius 2 is 1.88 bits per heavy atom. The van der Waals surface area contributed by atoms with Gasteiger partial charge in [-0.15, -0.1) is 0 Å². The van der Waals surface area contributed by atoms with Crippen LogP contribution in [0.1, 0.15) is 5.56 Å². The second-order valence-corrected chi connectivity index (χ2v) is 7.61. The molecule has 2 aliphatic rings. The fourth-order valence-electron chi connectivity index (χ4n) is 2.42. The van der Waals surface area contributed by atoms with E-state index in [1.54, 1.807) is 12.1 Å². The van der Waals surface area contributed by atoms with E-state index in [2.05, 4.69) is 10.6 Å². The average Bonchev–Trinajstić information content (AvgIpc) is 3.02. The maximum absolute atomic E-state index is 12.4. The lowest BCUT2D eigenvalue weighted by atomic mass is 10.2. The zero-order valence-corrected chi connectivity index (χ0v) is 14.6. The number of nitrogens with one attached hydrogen (secondary N) is 2. The number of rotatable bonds is 4. The van der Waals surface area contributed by atoms with E-state index in [-0.39, 0.29) is 0 Å². The third-order valence-electron chi connectivity index (χ3n) is 3.67. The minimum atomic E-state index is -1.00. The summed E-state index contributed by atoms with van der Waals surface area (Å²) in [7, 11) is 0. The molecule has 0 radical (unpaired) electrons. The summed E-state index contributed by atoms with van der Waals surface area (Å²) in [5, 5.41) is 1.61. The summed E-state index contributed by atoms with van der Waals surface area (Å²) in [6, 6.07) is 7.11. The number of para-hydroxylation sites is 1. The predicted octanol–water partition coefficient (Wildman–Crippen LogP) is 1.35. The molecule has 2 aliphatic heterocycles. The summed E-state index contributed by atoms with van der Waals surface area (Å²) in [5.74, 6) is -1.76. The van der Waals surface area contributed by atoms with Crippen molar-refractivity contribution in [3.05, 3.63) is 29.8 Å². The van der Waals surface area contributed by atoms with Crippen LogP contribution in [0, 0.1) is 6.92 Å². The molecule has 0 aliphatic carbocycles. The quantitative estimate of drug-likeness (QED) is 0.812. The Balaban J connectivity index is 1.67. The van der Waals surface area contributed by atoms with Gasteiger partial charge in [0.25, 0.3) is 10.5 Å². The van der Waals surface area contributed by atoms with Crippen LogP contribution in [0.4, 0.5) is 15.3 Å². The summed E-state index contributed by atoms with van der Waals surface area (Å²) >= 11 is 1.34. The fourth-order valence-corrected chi connectivity index (χ4v) is 4.52. The summed E-state index contributed by atoms with van der Waals surface area (Å²) in [4.78, 5) is 60.4. The van der Waals surface area contributed by atoms with Crippen LogP contribution in [0.15, 0.2) is 24.3 Å². The number of hydrogen-bond acceptors (Lipinski definition) is 7. The smallest absolute Gasteiger partial charge is 0.289 e. The van der Waals surface area contributed by atoms with Gasteiger partial charge in [0.15, 0.2) is 0 Å². The molecule has 1 aromatic rings. The molecule has 2 heterocycles. The second kappa shape index (κ2) is 6.89. The first-order valence-corrected chi connectivity index (χ1v) is 9.01. The Labute approximate surface area is 151 Å². The first kappa shape index (κ1) is 17.5. The second-order valence-electron chi connectivity index (χ2n) is 5.41. The molecule has 2 atom stereocenters. The first-order chi connectivity index (χ1) is 11.9. The number of aryl methyl sites for hydroxylation is 1. The van der Waals surface area contributed by atoms with Crippen molar-refractivity contribution < 1.29 is 24.0 Å². The van der Waals surface area contributed by atoms with Crippen molar-refractivity contribution in [2.45, 2.75) is 17.4 Å². The highest BCUT2D eigenvalue weighted by Crippen LogP contribution is 2.36. The zero-order chi connectivity index (χ0) is 18.1. The van der Waals surface area contributed by atoms with E-state index in [0.29, 0.717) is 29.2 Å². The Hall–Kier alpha value is -2.33. The molecular formula is C15H13N3O5S2. The molecule has 25 heavy (non-hydrogen) atoms. The monoisotopic (exact) mass is 379 g/mol. The van der Waals surface area contributed by atoms with E-state index >= 15 is 0 Å². The maximum atomic E-state index is 12.4. The number of hydrogen-bond donors (Lipinski definition) is 2. The van der Waals surface area contributed by atoms with E-state index in [1.165, 1.54) is 0 Å². The van der Waals surface area contributed by atoms with E-state index < -0.39 is 45.2 Å². The van der Waals surface area contributed by atoms with Gasteiger partial charge < -0.3 is 5.32 Å². The van der Waals surface area contributed by atoms with E-state index in [4.69, 9.17) is 0 Å². The zero-order valence-electron chi connectivity index (χ0n) is 13.0. The molecule has 8 nitrogen and oxygen atoms in total. The Morgan fingerprint density at radius 3 is 2.52 bits per heavy atom. The number of amides is 5. The number of imide groups is 2. The highest BCUT2D eigenvalue weighted by Gasteiger charge is 2.50. The van der Waals surface area contributed by atoms with Crippen molar-refractivity contribution in [3.8, 4) is 0 Å². The fraction of sp³-hybridized carbons (Fsp3) is 0.267. The largest absolute Gasteiger partial charge is 0.324 e. The molecule has 0 bridgehead atoms. The van der Waals surface area contributed by atoms with Crippen molar-refractivity contribution in [2.24, 2.45) is 0 Å². The van der Waals surface area contributed by atoms with Crippen molar-refractivity contribution in [1.29, 1.82) is 0 Å². The maximum Gasteiger partial charge on any atom is 0.289 e. The van der Waals surface area contributed by atoms with Crippen LogP contribution in [-0.2, 0) is 14.4 Å². The standard InChI is InChI=1S/C15H13N3O5S2/c1-7-4-2-3-5-8(7)16-9(19)6-18-13(21)11(25-15(18)23)10-12(20)17-14(22)24-10/h2-5,10-11H,6H2,1H3,(H,16,19)(H,17,20,22). The molecule has 2 unspecified atom stereocenters. The number of carbonyl (C=O) groups is 5. The Bertz CT molecular complexity index is 797. The van der Waals surface area contributed by atoms with Crippen LogP contribution in [0.2, 0.25) is 0 Å². The lowest BCUT2D eigenvalue weighted by Crippen LogP contribution is -2.42. The van der Waals surface area contributed by atoms with Crippen molar-refractivity contribution in [2.75, 3.05) is 11.9 Å². The van der Waals surface area contributed by atoms with Crippen LogP contribution in [0.5, 0.6) is 0 Å². The lowest BCUT2D eigenvalue weighted by molar-refractivity contribution is -0.131. The van der Waals surface area contributed by atoms with Gasteiger partial charge in [0.05, 0.1) is 0 Å². The van der Waals surface area contributed by atoms with Crippen molar-refractivity contribution in [1.82, 2.24) is 10.2 Å². The van der Waals surface area contributed by atoms with Gasteiger partial charge in [0, 0.05) is 5.69 Å². The third kappa shape index (κ3) is 3.54. The molecule has 2 saturated heterocycles. The van der Waals surface area contributed by atoms with Gasteiger partial charge in [-0.1, -0.05) is 18.2 Å². The van der Waals surface area contributed by atoms with E-state index in [9.17, 15) is 24.0 Å². The van der Waals surface area contributed by atoms with Gasteiger partial charge >= 0.3 is 0 Å². The van der Waals surface area contributed by atoms with Crippen LogP contribution in [-0.4, -0.2) is 50.1 Å². The van der Waals surface area contributed by atoms with Crippen LogP contribution >= 0.6 is 23.5 Å². The van der Waals surface area contributed by atoms with Crippen LogP contribution in [0.25, 0.3) is 0 Å². The molecule has 10 heteroatoms. The summed E-state index contributed by atoms with van der Waals surface area (Å²) in [6.07, 6.45) is 0. The van der Waals surface area contributed by atoms with Gasteiger partial charge in [-0.05, 0) is 42.1 Å². The third-order valence-corrected chi connectivity index (χ3v) is 6.05. The minimum absolute atomic E-state index is 0.442. The molecule has 0 aromatic heterocycles. The summed E-state index contributed by atoms with van der Waals surface area (Å²) < 4.78 is 0. The molecule has 3 rings (SSSR count). The Kier molecular flexibility index (Phi) is 4.82. The highest BCUT2D eigenvalue weighted by atomic mass is 32.2. The van der Waals surface area contributed by atoms with Crippen LogP contribution < -0.4 is 10.6 Å². The van der Waals surface area contributed by atoms with Gasteiger partial charge in [0.2, 0.25) is 17.7 Å². The molecule has 0 saturated carbocycles. The van der Waals surface area contributed by atoms with Gasteiger partial charge in [-0.2, -0.15) is 0 Å². The van der Waals surface area contributed by atoms with E-state index in [0.717, 1.165) is 10.5 Å². The SMILES string of the molecule is Cc1ccccc1NC(=O)CN1C(=O)SC(C2SC(=O)NC2=O)C1=O. The highest BCUT2D eigenvalue weighted by molar-refractivity contribution is 8.19. The molecule has 1 aromatic carbocycles. The van der Waals surface area contributed by atoms with Gasteiger partial charge in [0.1, 0.15) is 17.0 Å². The molecule has 130 valence electrons. The molecule has 0 spiro atoms. The van der Waals surface area contributed by atoms with Crippen molar-refractivity contribution in [3.63, 3.8) is 0 Å². The summed E-state index contributed by atoms with van der Waals surface area (Å²) in [6.45, 7) is 1.38. The predicted molar refractivity (Wildman–Crippen MR) is 93.2 cm³/mol.